The second kappa shape index (κ2) is 11.1. The Kier molecular flexibility index (Phi) is 8.10. The summed E-state index contributed by atoms with van der Waals surface area (Å²) in [6.07, 6.45) is 5.49. The molecular weight excluding hydrogens is 488 g/mol. The number of piperidine rings is 1. The molecule has 38 heavy (non-hydrogen) atoms. The SMILES string of the molecule is CCOC(C)n1cc(-c2ncc3nc(NC4CCN(C(=O)OC(C)(C)C)C[C@H]4C)nn3c2OC(C)C)cn1. The number of carbonyl (C=O) groups excluding carboxylic acids is 1. The van der Waals surface area contributed by atoms with Crippen molar-refractivity contribution in [2.24, 2.45) is 5.92 Å². The van der Waals surface area contributed by atoms with Crippen LogP contribution in [-0.4, -0.2) is 77.8 Å². The molecule has 2 unspecified atom stereocenters. The quantitative estimate of drug-likeness (QED) is 0.454. The lowest BCUT2D eigenvalue weighted by Crippen LogP contribution is -2.49. The first-order chi connectivity index (χ1) is 17.9. The lowest BCUT2D eigenvalue weighted by molar-refractivity contribution is 0.0158. The van der Waals surface area contributed by atoms with Crippen LogP contribution in [-0.2, 0) is 9.47 Å². The Hall–Kier alpha value is -3.41. The third-order valence-corrected chi connectivity index (χ3v) is 6.21. The lowest BCUT2D eigenvalue weighted by atomic mass is 9.94. The fraction of sp³-hybridized carbons (Fsp3) is 0.654. The Morgan fingerprint density at radius 1 is 1.24 bits per heavy atom. The number of nitrogens with zero attached hydrogens (tertiary/aromatic N) is 7. The van der Waals surface area contributed by atoms with Gasteiger partial charge in [-0.1, -0.05) is 6.92 Å². The van der Waals surface area contributed by atoms with Gasteiger partial charge in [-0.15, -0.1) is 5.10 Å². The minimum atomic E-state index is -0.515. The molecule has 12 nitrogen and oxygen atoms in total. The smallest absolute Gasteiger partial charge is 0.410 e. The third-order valence-electron chi connectivity index (χ3n) is 6.21. The van der Waals surface area contributed by atoms with Gasteiger partial charge in [0.15, 0.2) is 5.65 Å². The molecule has 208 valence electrons. The van der Waals surface area contributed by atoms with Crippen LogP contribution in [0.4, 0.5) is 10.7 Å². The zero-order chi connectivity index (χ0) is 27.6. The molecule has 1 fully saturated rings. The molecule has 4 heterocycles. The van der Waals surface area contributed by atoms with Gasteiger partial charge in [0.2, 0.25) is 11.8 Å². The number of ether oxygens (including phenoxy) is 3. The maximum Gasteiger partial charge on any atom is 0.410 e. The standard InChI is InChI=1S/C26H40N8O4/c1-9-36-18(5)33-15-19(12-28-33)22-23(37-16(2)3)34-21(13-27-22)30-24(31-34)29-20-10-11-32(14-17(20)4)25(35)38-26(6,7)8/h12-13,15-18,20H,9-11,14H2,1-8H3,(H,29,31)/t17-,18?,20?/m1/s1. The molecule has 3 atom stereocenters. The number of fused-ring (bicyclic) bond motifs is 1. The van der Waals surface area contributed by atoms with Gasteiger partial charge in [-0.05, 0) is 60.8 Å². The van der Waals surface area contributed by atoms with Crippen molar-refractivity contribution in [3.05, 3.63) is 18.6 Å². The van der Waals surface area contributed by atoms with Crippen molar-refractivity contribution < 1.29 is 19.0 Å². The molecule has 0 spiro atoms. The summed E-state index contributed by atoms with van der Waals surface area (Å²) in [6.45, 7) is 17.3. The molecule has 12 heteroatoms. The number of aromatic nitrogens is 6. The number of nitrogens with one attached hydrogen (secondary N) is 1. The van der Waals surface area contributed by atoms with E-state index in [0.717, 1.165) is 12.0 Å². The lowest BCUT2D eigenvalue weighted by Gasteiger charge is -2.37. The number of likely N-dealkylation sites (tertiary alicyclic amines) is 1. The maximum atomic E-state index is 12.5. The first kappa shape index (κ1) is 27.6. The van der Waals surface area contributed by atoms with E-state index in [1.54, 1.807) is 26.5 Å². The van der Waals surface area contributed by atoms with Crippen LogP contribution in [0, 0.1) is 5.92 Å². The zero-order valence-corrected chi connectivity index (χ0v) is 23.6. The van der Waals surface area contributed by atoms with Crippen molar-refractivity contribution in [3.63, 3.8) is 0 Å². The van der Waals surface area contributed by atoms with Crippen LogP contribution < -0.4 is 10.1 Å². The average Bonchev–Trinajstić information content (AvgIpc) is 3.47. The first-order valence-electron chi connectivity index (χ1n) is 13.3. The molecule has 3 aromatic rings. The Morgan fingerprint density at radius 2 is 2.00 bits per heavy atom. The summed E-state index contributed by atoms with van der Waals surface area (Å²) >= 11 is 0. The topological polar surface area (TPSA) is 121 Å². The highest BCUT2D eigenvalue weighted by Gasteiger charge is 2.32. The van der Waals surface area contributed by atoms with Gasteiger partial charge in [0, 0.05) is 37.5 Å². The summed E-state index contributed by atoms with van der Waals surface area (Å²) in [6, 6.07) is 0.103. The molecule has 0 bridgehead atoms. The predicted molar refractivity (Wildman–Crippen MR) is 143 cm³/mol. The van der Waals surface area contributed by atoms with E-state index in [0.29, 0.717) is 42.9 Å². The monoisotopic (exact) mass is 528 g/mol. The summed E-state index contributed by atoms with van der Waals surface area (Å²) in [5.74, 6) is 1.16. The van der Waals surface area contributed by atoms with Crippen molar-refractivity contribution in [3.8, 4) is 17.1 Å². The van der Waals surface area contributed by atoms with E-state index >= 15 is 0 Å². The van der Waals surface area contributed by atoms with Crippen LogP contribution in [0.3, 0.4) is 0 Å². The van der Waals surface area contributed by atoms with Gasteiger partial charge in [-0.3, -0.25) is 0 Å². The molecule has 1 aliphatic heterocycles. The minimum Gasteiger partial charge on any atom is -0.473 e. The number of amides is 1. The third kappa shape index (κ3) is 6.35. The molecule has 1 N–H and O–H groups in total. The van der Waals surface area contributed by atoms with Crippen molar-refractivity contribution >= 4 is 17.7 Å². The van der Waals surface area contributed by atoms with Gasteiger partial charge >= 0.3 is 6.09 Å². The minimum absolute atomic E-state index is 0.101. The summed E-state index contributed by atoms with van der Waals surface area (Å²) < 4.78 is 20.8. The van der Waals surface area contributed by atoms with Gasteiger partial charge in [0.05, 0.1) is 18.5 Å². The van der Waals surface area contributed by atoms with Crippen LogP contribution >= 0.6 is 0 Å². The van der Waals surface area contributed by atoms with Crippen molar-refractivity contribution in [2.45, 2.75) is 85.8 Å². The number of hydrogen-bond acceptors (Lipinski definition) is 9. The van der Waals surface area contributed by atoms with Crippen LogP contribution in [0.1, 0.15) is 68.0 Å². The Labute approximate surface area is 223 Å². The van der Waals surface area contributed by atoms with Crippen LogP contribution in [0.5, 0.6) is 5.88 Å². The second-order valence-electron chi connectivity index (χ2n) is 11.0. The second-order valence-corrected chi connectivity index (χ2v) is 11.0. The number of rotatable bonds is 8. The molecule has 4 rings (SSSR count). The van der Waals surface area contributed by atoms with E-state index in [9.17, 15) is 4.79 Å². The highest BCUT2D eigenvalue weighted by molar-refractivity contribution is 5.68. The summed E-state index contributed by atoms with van der Waals surface area (Å²) in [7, 11) is 0. The van der Waals surface area contributed by atoms with Gasteiger partial charge in [0.25, 0.3) is 0 Å². The Morgan fingerprint density at radius 3 is 2.66 bits per heavy atom. The van der Waals surface area contributed by atoms with Gasteiger partial charge in [-0.2, -0.15) is 14.6 Å². The fourth-order valence-electron chi connectivity index (χ4n) is 4.42. The van der Waals surface area contributed by atoms with E-state index in [4.69, 9.17) is 19.3 Å². The molecule has 3 aromatic heterocycles. The normalized spacial score (nSPS) is 19.1. The zero-order valence-electron chi connectivity index (χ0n) is 23.6. The molecule has 0 aliphatic carbocycles. The van der Waals surface area contributed by atoms with Crippen LogP contribution in [0.25, 0.3) is 16.9 Å². The van der Waals surface area contributed by atoms with Crippen LogP contribution in [0.15, 0.2) is 18.6 Å². The number of hydrogen-bond donors (Lipinski definition) is 1. The van der Waals surface area contributed by atoms with E-state index in [2.05, 4.69) is 27.3 Å². The van der Waals surface area contributed by atoms with Crippen LogP contribution in [0.2, 0.25) is 0 Å². The van der Waals surface area contributed by atoms with Gasteiger partial charge in [-0.25, -0.2) is 14.5 Å². The van der Waals surface area contributed by atoms with Gasteiger partial charge < -0.3 is 24.4 Å². The van der Waals surface area contributed by atoms with E-state index < -0.39 is 5.60 Å². The highest BCUT2D eigenvalue weighted by Crippen LogP contribution is 2.30. The highest BCUT2D eigenvalue weighted by atomic mass is 16.6. The average molecular weight is 529 g/mol. The molecule has 1 amide bonds. The predicted octanol–water partition coefficient (Wildman–Crippen LogP) is 4.39. The molecule has 0 saturated carbocycles. The van der Waals surface area contributed by atoms with E-state index in [-0.39, 0.29) is 30.4 Å². The Bertz CT molecular complexity index is 1250. The molecule has 1 aliphatic rings. The summed E-state index contributed by atoms with van der Waals surface area (Å²) in [5, 5.41) is 12.6. The summed E-state index contributed by atoms with van der Waals surface area (Å²) in [4.78, 5) is 23.6. The number of anilines is 1. The number of carbonyl (C=O) groups is 1. The first-order valence-corrected chi connectivity index (χ1v) is 13.3. The fourth-order valence-corrected chi connectivity index (χ4v) is 4.42. The molecule has 0 aromatic carbocycles. The van der Waals surface area contributed by atoms with E-state index in [1.807, 2.05) is 54.7 Å². The van der Waals surface area contributed by atoms with Crippen molar-refractivity contribution in [2.75, 3.05) is 25.0 Å². The van der Waals surface area contributed by atoms with Gasteiger partial charge in [0.1, 0.15) is 17.5 Å². The van der Waals surface area contributed by atoms with E-state index in [1.165, 1.54) is 0 Å². The van der Waals surface area contributed by atoms with Crippen molar-refractivity contribution in [1.82, 2.24) is 34.3 Å². The summed E-state index contributed by atoms with van der Waals surface area (Å²) in [5.41, 5.74) is 1.47. The molecule has 1 saturated heterocycles. The largest absolute Gasteiger partial charge is 0.473 e. The maximum absolute atomic E-state index is 12.5. The van der Waals surface area contributed by atoms with Crippen molar-refractivity contribution in [1.29, 1.82) is 0 Å². The molecular formula is C26H40N8O4. The molecule has 0 radical (unpaired) electrons. The Balaban J connectivity index is 1.55.